The van der Waals surface area contributed by atoms with Crippen LogP contribution in [0.2, 0.25) is 0 Å². The Morgan fingerprint density at radius 3 is 2.73 bits per heavy atom. The molecule has 2 atom stereocenters. The van der Waals surface area contributed by atoms with Gasteiger partial charge >= 0.3 is 0 Å². The van der Waals surface area contributed by atoms with Gasteiger partial charge in [0.25, 0.3) is 0 Å². The van der Waals surface area contributed by atoms with E-state index >= 15 is 0 Å². The molecule has 1 aromatic heterocycles. The molecule has 3 aromatic rings. The first-order valence-electron chi connectivity index (χ1n) is 8.43. The number of nitrogens with one attached hydrogen (secondary N) is 1. The predicted octanol–water partition coefficient (Wildman–Crippen LogP) is 3.89. The molecule has 5 nitrogen and oxygen atoms in total. The normalized spacial score (nSPS) is 21.4. The van der Waals surface area contributed by atoms with Crippen LogP contribution in [0, 0.1) is 12.3 Å². The highest BCUT2D eigenvalue weighted by Crippen LogP contribution is 2.52. The van der Waals surface area contributed by atoms with Gasteiger partial charge in [0, 0.05) is 5.92 Å². The van der Waals surface area contributed by atoms with Gasteiger partial charge in [-0.3, -0.25) is 4.79 Å². The third-order valence-electron chi connectivity index (χ3n) is 5.15. The average Bonchev–Trinajstić information content (AvgIpc) is 3.22. The molecule has 4 rings (SSSR count). The van der Waals surface area contributed by atoms with Gasteiger partial charge in [-0.1, -0.05) is 47.2 Å². The van der Waals surface area contributed by atoms with E-state index in [9.17, 15) is 9.90 Å². The van der Waals surface area contributed by atoms with Gasteiger partial charge < -0.3 is 10.4 Å². The Kier molecular flexibility index (Phi) is 4.00. The second kappa shape index (κ2) is 6.21. The molecular formula is C20H19N3O2S. The van der Waals surface area contributed by atoms with Crippen LogP contribution in [-0.2, 0) is 11.2 Å². The number of phenols is 1. The summed E-state index contributed by atoms with van der Waals surface area (Å²) in [5.74, 6) is -0.0109. The van der Waals surface area contributed by atoms with Crippen molar-refractivity contribution in [3.63, 3.8) is 0 Å². The summed E-state index contributed by atoms with van der Waals surface area (Å²) >= 11 is 1.30. The largest absolute Gasteiger partial charge is 0.508 e. The molecule has 1 heterocycles. The molecule has 1 aliphatic carbocycles. The van der Waals surface area contributed by atoms with Gasteiger partial charge in [0.05, 0.1) is 5.41 Å². The number of amides is 1. The molecule has 0 spiro atoms. The lowest BCUT2D eigenvalue weighted by Gasteiger charge is -2.31. The van der Waals surface area contributed by atoms with Gasteiger partial charge in [0.15, 0.2) is 0 Å². The fourth-order valence-corrected chi connectivity index (χ4v) is 4.28. The molecule has 1 aliphatic rings. The first-order chi connectivity index (χ1) is 12.5. The van der Waals surface area contributed by atoms with Crippen molar-refractivity contribution in [1.29, 1.82) is 0 Å². The van der Waals surface area contributed by atoms with Crippen LogP contribution in [0.4, 0.5) is 5.13 Å². The van der Waals surface area contributed by atoms with Crippen LogP contribution in [-0.4, -0.2) is 21.2 Å². The van der Waals surface area contributed by atoms with Crippen LogP contribution >= 0.6 is 11.3 Å². The van der Waals surface area contributed by atoms with Crippen molar-refractivity contribution < 1.29 is 9.90 Å². The van der Waals surface area contributed by atoms with Crippen molar-refractivity contribution in [1.82, 2.24) is 10.2 Å². The number of anilines is 1. The second-order valence-electron chi connectivity index (χ2n) is 7.02. The van der Waals surface area contributed by atoms with Gasteiger partial charge in [0.2, 0.25) is 11.0 Å². The summed E-state index contributed by atoms with van der Waals surface area (Å²) in [5.41, 5.74) is 5.23. The topological polar surface area (TPSA) is 75.1 Å². The Hall–Kier alpha value is -2.73. The molecule has 0 saturated heterocycles. The zero-order chi connectivity index (χ0) is 18.3. The standard InChI is InChI=1S/C20H19N3O2S/c1-12-3-5-13(6-4-12)17-16-9-15(24)8-7-14(16)10-20(17,2)18(25)22-19-23-21-11-26-19/h3-9,11,17,24H,10H2,1-2H3,(H,22,23,25)/t17-,20+/m0/s1. The number of fused-ring (bicyclic) bond motifs is 1. The number of aryl methyl sites for hydroxylation is 1. The molecule has 6 heteroatoms. The molecule has 1 amide bonds. The molecule has 2 aromatic carbocycles. The van der Waals surface area contributed by atoms with E-state index in [1.807, 2.05) is 19.9 Å². The second-order valence-corrected chi connectivity index (χ2v) is 7.85. The minimum absolute atomic E-state index is 0.0875. The van der Waals surface area contributed by atoms with Crippen molar-refractivity contribution in [2.45, 2.75) is 26.2 Å². The summed E-state index contributed by atoms with van der Waals surface area (Å²) in [6.45, 7) is 4.02. The Morgan fingerprint density at radius 2 is 2.04 bits per heavy atom. The zero-order valence-electron chi connectivity index (χ0n) is 14.6. The van der Waals surface area contributed by atoms with Crippen LogP contribution in [0.3, 0.4) is 0 Å². The van der Waals surface area contributed by atoms with Gasteiger partial charge in [0.1, 0.15) is 11.3 Å². The fraction of sp³-hybridized carbons (Fsp3) is 0.250. The molecule has 26 heavy (non-hydrogen) atoms. The van der Waals surface area contributed by atoms with Crippen LogP contribution in [0.5, 0.6) is 5.75 Å². The number of aromatic hydroxyl groups is 1. The number of carbonyl (C=O) groups excluding carboxylic acids is 1. The molecule has 0 saturated carbocycles. The van der Waals surface area contributed by atoms with Crippen molar-refractivity contribution >= 4 is 22.4 Å². The molecule has 0 fully saturated rings. The Morgan fingerprint density at radius 1 is 1.27 bits per heavy atom. The molecular weight excluding hydrogens is 346 g/mol. The quantitative estimate of drug-likeness (QED) is 0.738. The van der Waals surface area contributed by atoms with Gasteiger partial charge in [-0.2, -0.15) is 0 Å². The number of aromatic nitrogens is 2. The minimum Gasteiger partial charge on any atom is -0.508 e. The molecule has 2 N–H and O–H groups in total. The summed E-state index contributed by atoms with van der Waals surface area (Å²) in [7, 11) is 0. The lowest BCUT2D eigenvalue weighted by atomic mass is 9.73. The number of carbonyl (C=O) groups is 1. The van der Waals surface area contributed by atoms with E-state index in [-0.39, 0.29) is 17.6 Å². The van der Waals surface area contributed by atoms with Crippen LogP contribution < -0.4 is 5.32 Å². The first kappa shape index (κ1) is 16.7. The van der Waals surface area contributed by atoms with Crippen molar-refractivity contribution in [2.75, 3.05) is 5.32 Å². The highest BCUT2D eigenvalue weighted by atomic mass is 32.1. The lowest BCUT2D eigenvalue weighted by Crippen LogP contribution is -2.37. The van der Waals surface area contributed by atoms with Gasteiger partial charge in [-0.25, -0.2) is 0 Å². The van der Waals surface area contributed by atoms with Crippen LogP contribution in [0.25, 0.3) is 0 Å². The van der Waals surface area contributed by atoms with E-state index in [0.29, 0.717) is 11.6 Å². The molecule has 0 aliphatic heterocycles. The summed E-state index contributed by atoms with van der Waals surface area (Å²) < 4.78 is 0. The van der Waals surface area contributed by atoms with Gasteiger partial charge in [-0.05, 0) is 49.1 Å². The summed E-state index contributed by atoms with van der Waals surface area (Å²) in [5, 5.41) is 21.1. The van der Waals surface area contributed by atoms with Crippen LogP contribution in [0.15, 0.2) is 48.0 Å². The van der Waals surface area contributed by atoms with Gasteiger partial charge in [-0.15, -0.1) is 10.2 Å². The Bertz CT molecular complexity index is 954. The third kappa shape index (κ3) is 2.76. The number of nitrogens with zero attached hydrogens (tertiary/aromatic N) is 2. The zero-order valence-corrected chi connectivity index (χ0v) is 15.4. The summed E-state index contributed by atoms with van der Waals surface area (Å²) in [6.07, 6.45) is 0.603. The Balaban J connectivity index is 1.79. The molecule has 132 valence electrons. The number of benzene rings is 2. The van der Waals surface area contributed by atoms with E-state index in [4.69, 9.17) is 0 Å². The van der Waals surface area contributed by atoms with E-state index < -0.39 is 5.41 Å². The molecule has 0 unspecified atom stereocenters. The van der Waals surface area contributed by atoms with Crippen molar-refractivity contribution in [3.05, 3.63) is 70.2 Å². The molecule has 0 radical (unpaired) electrons. The van der Waals surface area contributed by atoms with E-state index in [1.54, 1.807) is 17.6 Å². The number of hydrogen-bond donors (Lipinski definition) is 2. The van der Waals surface area contributed by atoms with E-state index in [0.717, 1.165) is 16.7 Å². The van der Waals surface area contributed by atoms with Crippen LogP contribution in [0.1, 0.15) is 35.1 Å². The smallest absolute Gasteiger partial charge is 0.233 e. The van der Waals surface area contributed by atoms with Crippen molar-refractivity contribution in [2.24, 2.45) is 5.41 Å². The summed E-state index contributed by atoms with van der Waals surface area (Å²) in [4.78, 5) is 13.2. The van der Waals surface area contributed by atoms with Crippen molar-refractivity contribution in [3.8, 4) is 5.75 Å². The predicted molar refractivity (Wildman–Crippen MR) is 101 cm³/mol. The molecule has 0 bridgehead atoms. The lowest BCUT2D eigenvalue weighted by molar-refractivity contribution is -0.125. The SMILES string of the molecule is Cc1ccc([C@H]2c3cc(O)ccc3C[C@@]2(C)C(=O)Nc2nncs2)cc1. The average molecular weight is 365 g/mol. The fourth-order valence-electron chi connectivity index (χ4n) is 3.84. The number of rotatable bonds is 3. The summed E-state index contributed by atoms with van der Waals surface area (Å²) in [6, 6.07) is 13.6. The highest BCUT2D eigenvalue weighted by Gasteiger charge is 2.49. The minimum atomic E-state index is -0.683. The monoisotopic (exact) mass is 365 g/mol. The van der Waals surface area contributed by atoms with E-state index in [1.165, 1.54) is 16.9 Å². The third-order valence-corrected chi connectivity index (χ3v) is 5.75. The maximum absolute atomic E-state index is 13.2. The maximum atomic E-state index is 13.2. The number of phenolic OH excluding ortho intramolecular Hbond substituents is 1. The first-order valence-corrected chi connectivity index (χ1v) is 9.31. The Labute approximate surface area is 155 Å². The van der Waals surface area contributed by atoms with E-state index in [2.05, 4.69) is 39.8 Å². The number of hydrogen-bond acceptors (Lipinski definition) is 5. The maximum Gasteiger partial charge on any atom is 0.233 e. The highest BCUT2D eigenvalue weighted by molar-refractivity contribution is 7.13.